The van der Waals surface area contributed by atoms with Crippen LogP contribution in [-0.4, -0.2) is 17.1 Å². The van der Waals surface area contributed by atoms with Gasteiger partial charge in [0.15, 0.2) is 0 Å². The minimum absolute atomic E-state index is 0.260. The number of hydrogen-bond acceptors (Lipinski definition) is 4. The summed E-state index contributed by atoms with van der Waals surface area (Å²) in [6, 6.07) is 12.6. The lowest BCUT2D eigenvalue weighted by atomic mass is 10.3. The van der Waals surface area contributed by atoms with Crippen molar-refractivity contribution in [3.05, 3.63) is 48.2 Å². The summed E-state index contributed by atoms with van der Waals surface area (Å²) >= 11 is 1.58. The Morgan fingerprint density at radius 2 is 2.00 bits per heavy atom. The number of nitrogen functional groups attached to an aromatic ring is 1. The highest BCUT2D eigenvalue weighted by Gasteiger charge is 2.09. The summed E-state index contributed by atoms with van der Waals surface area (Å²) in [5.41, 5.74) is 6.64. The highest BCUT2D eigenvalue weighted by molar-refractivity contribution is 7.98. The first-order valence-electron chi connectivity index (χ1n) is 5.37. The number of rotatable bonds is 3. The van der Waals surface area contributed by atoms with Crippen LogP contribution >= 0.6 is 11.8 Å². The molecule has 2 rings (SSSR count). The summed E-state index contributed by atoms with van der Waals surface area (Å²) in [6.07, 6.45) is 1.96. The lowest BCUT2D eigenvalue weighted by Gasteiger charge is -2.08. The van der Waals surface area contributed by atoms with Crippen LogP contribution in [0.1, 0.15) is 10.5 Å². The first-order chi connectivity index (χ1) is 8.70. The zero-order valence-electron chi connectivity index (χ0n) is 9.88. The maximum Gasteiger partial charge on any atom is 0.274 e. The van der Waals surface area contributed by atoms with E-state index in [0.717, 1.165) is 10.6 Å². The lowest BCUT2D eigenvalue weighted by Crippen LogP contribution is -2.14. The normalized spacial score (nSPS) is 10.1. The lowest BCUT2D eigenvalue weighted by molar-refractivity contribution is 0.102. The number of hydrogen-bond donors (Lipinski definition) is 2. The van der Waals surface area contributed by atoms with Crippen LogP contribution in [-0.2, 0) is 0 Å². The van der Waals surface area contributed by atoms with Crippen molar-refractivity contribution in [2.45, 2.75) is 4.90 Å². The van der Waals surface area contributed by atoms with Gasteiger partial charge in [-0.3, -0.25) is 4.79 Å². The average Bonchev–Trinajstić information content (AvgIpc) is 2.39. The number of pyridine rings is 1. The Hall–Kier alpha value is -2.01. The van der Waals surface area contributed by atoms with E-state index in [-0.39, 0.29) is 5.91 Å². The van der Waals surface area contributed by atoms with Crippen molar-refractivity contribution in [2.24, 2.45) is 0 Å². The number of amides is 1. The van der Waals surface area contributed by atoms with Crippen molar-refractivity contribution < 1.29 is 4.79 Å². The number of carbonyl (C=O) groups is 1. The molecule has 1 heterocycles. The van der Waals surface area contributed by atoms with E-state index in [9.17, 15) is 4.79 Å². The van der Waals surface area contributed by atoms with Crippen LogP contribution in [0.4, 0.5) is 11.5 Å². The van der Waals surface area contributed by atoms with Gasteiger partial charge in [0.2, 0.25) is 0 Å². The molecule has 5 heteroatoms. The van der Waals surface area contributed by atoms with E-state index in [0.29, 0.717) is 11.5 Å². The van der Waals surface area contributed by atoms with Crippen LogP contribution < -0.4 is 11.1 Å². The van der Waals surface area contributed by atoms with E-state index in [4.69, 9.17) is 5.73 Å². The van der Waals surface area contributed by atoms with E-state index in [1.165, 1.54) is 0 Å². The molecule has 0 aliphatic carbocycles. The molecule has 1 aromatic carbocycles. The molecule has 0 saturated carbocycles. The maximum atomic E-state index is 12.0. The molecule has 1 amide bonds. The molecule has 0 aliphatic rings. The predicted molar refractivity (Wildman–Crippen MR) is 74.8 cm³/mol. The van der Waals surface area contributed by atoms with Gasteiger partial charge in [0.1, 0.15) is 11.5 Å². The number of aromatic nitrogens is 1. The maximum absolute atomic E-state index is 12.0. The van der Waals surface area contributed by atoms with Gasteiger partial charge >= 0.3 is 0 Å². The van der Waals surface area contributed by atoms with Crippen molar-refractivity contribution in [3.63, 3.8) is 0 Å². The van der Waals surface area contributed by atoms with Gasteiger partial charge in [-0.15, -0.1) is 11.8 Å². The Kier molecular flexibility index (Phi) is 3.84. The van der Waals surface area contributed by atoms with E-state index < -0.39 is 0 Å². The van der Waals surface area contributed by atoms with Gasteiger partial charge in [0, 0.05) is 4.90 Å². The van der Waals surface area contributed by atoms with E-state index >= 15 is 0 Å². The van der Waals surface area contributed by atoms with Gasteiger partial charge in [-0.25, -0.2) is 4.98 Å². The molecule has 0 unspecified atom stereocenters. The third kappa shape index (κ3) is 2.81. The summed E-state index contributed by atoms with van der Waals surface area (Å²) in [4.78, 5) is 17.0. The second-order valence-electron chi connectivity index (χ2n) is 3.60. The summed E-state index contributed by atoms with van der Waals surface area (Å²) in [5.74, 6) is 0.0737. The number of para-hydroxylation sites is 1. The number of nitrogens with one attached hydrogen (secondary N) is 1. The minimum atomic E-state index is -0.260. The number of thioether (sulfide) groups is 1. The third-order valence-electron chi connectivity index (χ3n) is 2.36. The SMILES string of the molecule is CSc1ccccc1NC(=O)c1cccc(N)n1. The number of benzene rings is 1. The van der Waals surface area contributed by atoms with Crippen LogP contribution in [0.5, 0.6) is 0 Å². The van der Waals surface area contributed by atoms with Crippen LogP contribution in [0.25, 0.3) is 0 Å². The summed E-state index contributed by atoms with van der Waals surface area (Å²) in [6.45, 7) is 0. The monoisotopic (exact) mass is 259 g/mol. The van der Waals surface area contributed by atoms with E-state index in [1.54, 1.807) is 30.0 Å². The molecule has 4 nitrogen and oxygen atoms in total. The molecular formula is C13H13N3OS. The Morgan fingerprint density at radius 1 is 1.22 bits per heavy atom. The minimum Gasteiger partial charge on any atom is -0.384 e. The number of nitrogens with zero attached hydrogens (tertiary/aromatic N) is 1. The standard InChI is InChI=1S/C13H13N3OS/c1-18-11-7-3-2-5-9(11)16-13(17)10-6-4-8-12(14)15-10/h2-8H,1H3,(H2,14,15)(H,16,17). The van der Waals surface area contributed by atoms with Gasteiger partial charge < -0.3 is 11.1 Å². The van der Waals surface area contributed by atoms with Gasteiger partial charge in [-0.1, -0.05) is 18.2 Å². The largest absolute Gasteiger partial charge is 0.384 e. The van der Waals surface area contributed by atoms with Crippen molar-refractivity contribution in [1.82, 2.24) is 4.98 Å². The molecule has 2 aromatic rings. The fraction of sp³-hybridized carbons (Fsp3) is 0.0769. The Morgan fingerprint density at radius 3 is 2.72 bits per heavy atom. The van der Waals surface area contributed by atoms with E-state index in [1.807, 2.05) is 30.5 Å². The van der Waals surface area contributed by atoms with Gasteiger partial charge in [0.05, 0.1) is 5.69 Å². The molecule has 92 valence electrons. The Bertz CT molecular complexity index is 572. The van der Waals surface area contributed by atoms with Crippen LogP contribution in [0, 0.1) is 0 Å². The molecule has 3 N–H and O–H groups in total. The number of nitrogens with two attached hydrogens (primary N) is 1. The summed E-state index contributed by atoms with van der Waals surface area (Å²) in [5, 5.41) is 2.83. The zero-order valence-corrected chi connectivity index (χ0v) is 10.7. The first-order valence-corrected chi connectivity index (χ1v) is 6.60. The Balaban J connectivity index is 2.21. The second-order valence-corrected chi connectivity index (χ2v) is 4.45. The summed E-state index contributed by atoms with van der Waals surface area (Å²) in [7, 11) is 0. The Labute approximate surface area is 110 Å². The van der Waals surface area contributed by atoms with E-state index in [2.05, 4.69) is 10.3 Å². The molecule has 0 radical (unpaired) electrons. The van der Waals surface area contributed by atoms with Crippen LogP contribution in [0.15, 0.2) is 47.4 Å². The van der Waals surface area contributed by atoms with Gasteiger partial charge in [-0.2, -0.15) is 0 Å². The molecular weight excluding hydrogens is 246 g/mol. The second kappa shape index (κ2) is 5.55. The summed E-state index contributed by atoms with van der Waals surface area (Å²) < 4.78 is 0. The zero-order chi connectivity index (χ0) is 13.0. The molecule has 0 saturated heterocycles. The highest BCUT2D eigenvalue weighted by atomic mass is 32.2. The molecule has 0 bridgehead atoms. The average molecular weight is 259 g/mol. The van der Waals surface area contributed by atoms with Crippen molar-refractivity contribution in [1.29, 1.82) is 0 Å². The predicted octanol–water partition coefficient (Wildman–Crippen LogP) is 2.64. The topological polar surface area (TPSA) is 68.0 Å². The molecule has 18 heavy (non-hydrogen) atoms. The first kappa shape index (κ1) is 12.4. The van der Waals surface area contributed by atoms with Crippen molar-refractivity contribution in [3.8, 4) is 0 Å². The molecule has 1 aromatic heterocycles. The quantitative estimate of drug-likeness (QED) is 0.831. The molecule has 0 atom stereocenters. The fourth-order valence-corrected chi connectivity index (χ4v) is 2.07. The third-order valence-corrected chi connectivity index (χ3v) is 3.15. The number of carbonyl (C=O) groups excluding carboxylic acids is 1. The van der Waals surface area contributed by atoms with Crippen LogP contribution in [0.3, 0.4) is 0 Å². The van der Waals surface area contributed by atoms with Gasteiger partial charge in [-0.05, 0) is 30.5 Å². The van der Waals surface area contributed by atoms with Crippen molar-refractivity contribution in [2.75, 3.05) is 17.3 Å². The molecule has 0 fully saturated rings. The number of anilines is 2. The fourth-order valence-electron chi connectivity index (χ4n) is 1.51. The molecule has 0 spiro atoms. The van der Waals surface area contributed by atoms with Gasteiger partial charge in [0.25, 0.3) is 5.91 Å². The smallest absolute Gasteiger partial charge is 0.274 e. The van der Waals surface area contributed by atoms with Crippen LogP contribution in [0.2, 0.25) is 0 Å². The molecule has 0 aliphatic heterocycles. The van der Waals surface area contributed by atoms with Crippen molar-refractivity contribution >= 4 is 29.2 Å². The highest BCUT2D eigenvalue weighted by Crippen LogP contribution is 2.24.